The van der Waals surface area contributed by atoms with E-state index in [0.29, 0.717) is 25.4 Å². The fourth-order valence-electron chi connectivity index (χ4n) is 1.65. The van der Waals surface area contributed by atoms with E-state index in [1.54, 1.807) is 18.2 Å². The quantitative estimate of drug-likeness (QED) is 0.716. The van der Waals surface area contributed by atoms with E-state index in [2.05, 4.69) is 24.5 Å². The molecule has 0 aromatic heterocycles. The molecule has 0 aliphatic carbocycles. The van der Waals surface area contributed by atoms with Crippen molar-refractivity contribution in [2.75, 3.05) is 13.1 Å². The van der Waals surface area contributed by atoms with Gasteiger partial charge in [-0.15, -0.1) is 0 Å². The first-order valence-corrected chi connectivity index (χ1v) is 6.86. The van der Waals surface area contributed by atoms with Crippen LogP contribution in [0.2, 0.25) is 0 Å². The molecule has 0 aliphatic heterocycles. The van der Waals surface area contributed by atoms with Crippen molar-refractivity contribution in [3.63, 3.8) is 0 Å². The second kappa shape index (κ2) is 8.19. The van der Waals surface area contributed by atoms with Crippen LogP contribution in [0.4, 0.5) is 4.79 Å². The second-order valence-corrected chi connectivity index (χ2v) is 4.91. The first-order valence-electron chi connectivity index (χ1n) is 6.86. The van der Waals surface area contributed by atoms with Gasteiger partial charge in [0.15, 0.2) is 0 Å². The van der Waals surface area contributed by atoms with Crippen LogP contribution in [-0.2, 0) is 6.42 Å². The van der Waals surface area contributed by atoms with Crippen molar-refractivity contribution in [1.29, 1.82) is 0 Å². The van der Waals surface area contributed by atoms with Crippen LogP contribution in [0.3, 0.4) is 0 Å². The minimum atomic E-state index is -0.939. The maximum absolute atomic E-state index is 11.5. The molecule has 110 valence electrons. The van der Waals surface area contributed by atoms with Crippen LogP contribution in [0.15, 0.2) is 24.3 Å². The van der Waals surface area contributed by atoms with Crippen molar-refractivity contribution in [2.24, 2.45) is 5.92 Å². The number of hydrogen-bond donors (Lipinski definition) is 3. The van der Waals surface area contributed by atoms with Crippen molar-refractivity contribution >= 4 is 12.0 Å². The first-order chi connectivity index (χ1) is 9.52. The summed E-state index contributed by atoms with van der Waals surface area (Å²) in [5, 5.41) is 14.5. The summed E-state index contributed by atoms with van der Waals surface area (Å²) in [6.45, 7) is 5.31. The predicted octanol–water partition coefficient (Wildman–Crippen LogP) is 2.27. The normalized spacial score (nSPS) is 11.7. The zero-order valence-electron chi connectivity index (χ0n) is 12.0. The number of nitrogens with one attached hydrogen (secondary N) is 2. The molecule has 1 aromatic rings. The number of carboxylic acids is 1. The third kappa shape index (κ3) is 5.73. The SMILES string of the molecule is CCC(C)CNC(=O)NCCc1cccc(C(=O)O)c1. The molecule has 2 amide bonds. The van der Waals surface area contributed by atoms with Gasteiger partial charge in [-0.3, -0.25) is 0 Å². The molecule has 0 radical (unpaired) electrons. The summed E-state index contributed by atoms with van der Waals surface area (Å²) in [6, 6.07) is 6.56. The number of rotatable bonds is 7. The number of carbonyl (C=O) groups excluding carboxylic acids is 1. The van der Waals surface area contributed by atoms with Crippen molar-refractivity contribution in [2.45, 2.75) is 26.7 Å². The largest absolute Gasteiger partial charge is 0.478 e. The molecule has 3 N–H and O–H groups in total. The molecule has 5 nitrogen and oxygen atoms in total. The Morgan fingerprint density at radius 3 is 2.70 bits per heavy atom. The zero-order chi connectivity index (χ0) is 15.0. The molecule has 1 aromatic carbocycles. The molecule has 0 bridgehead atoms. The zero-order valence-corrected chi connectivity index (χ0v) is 12.0. The van der Waals surface area contributed by atoms with E-state index in [9.17, 15) is 9.59 Å². The Labute approximate surface area is 119 Å². The van der Waals surface area contributed by atoms with Crippen LogP contribution >= 0.6 is 0 Å². The highest BCUT2D eigenvalue weighted by Crippen LogP contribution is 2.05. The molecule has 0 fully saturated rings. The number of benzene rings is 1. The summed E-state index contributed by atoms with van der Waals surface area (Å²) in [7, 11) is 0. The number of amides is 2. The fraction of sp³-hybridized carbons (Fsp3) is 0.467. The molecule has 0 saturated carbocycles. The molecule has 20 heavy (non-hydrogen) atoms. The third-order valence-electron chi connectivity index (χ3n) is 3.18. The maximum atomic E-state index is 11.5. The molecule has 0 heterocycles. The Morgan fingerprint density at radius 2 is 2.05 bits per heavy atom. The number of hydrogen-bond acceptors (Lipinski definition) is 2. The summed E-state index contributed by atoms with van der Waals surface area (Å²) < 4.78 is 0. The van der Waals surface area contributed by atoms with E-state index in [1.807, 2.05) is 6.07 Å². The number of aromatic carboxylic acids is 1. The Hall–Kier alpha value is -2.04. The molecule has 0 spiro atoms. The first kappa shape index (κ1) is 16.0. The number of carbonyl (C=O) groups is 2. The fourth-order valence-corrected chi connectivity index (χ4v) is 1.65. The van der Waals surface area contributed by atoms with Gasteiger partial charge in [0.1, 0.15) is 0 Å². The molecular weight excluding hydrogens is 256 g/mol. The number of urea groups is 1. The van der Waals surface area contributed by atoms with E-state index in [0.717, 1.165) is 12.0 Å². The van der Waals surface area contributed by atoms with Crippen molar-refractivity contribution < 1.29 is 14.7 Å². The summed E-state index contributed by atoms with van der Waals surface area (Å²) in [5.74, 6) is -0.473. The molecule has 1 rings (SSSR count). The summed E-state index contributed by atoms with van der Waals surface area (Å²) in [6.07, 6.45) is 1.64. The van der Waals surface area contributed by atoms with Crippen LogP contribution in [0.25, 0.3) is 0 Å². The van der Waals surface area contributed by atoms with Gasteiger partial charge in [0.2, 0.25) is 0 Å². The smallest absolute Gasteiger partial charge is 0.335 e. The lowest BCUT2D eigenvalue weighted by molar-refractivity contribution is 0.0696. The summed E-state index contributed by atoms with van der Waals surface area (Å²) in [5.41, 5.74) is 1.16. The lowest BCUT2D eigenvalue weighted by Crippen LogP contribution is -2.38. The van der Waals surface area contributed by atoms with Gasteiger partial charge in [-0.05, 0) is 30.0 Å². The van der Waals surface area contributed by atoms with Crippen molar-refractivity contribution in [1.82, 2.24) is 10.6 Å². The standard InChI is InChI=1S/C15H22N2O3/c1-3-11(2)10-17-15(20)16-8-7-12-5-4-6-13(9-12)14(18)19/h4-6,9,11H,3,7-8,10H2,1-2H3,(H,18,19)(H2,16,17,20). The van der Waals surface area contributed by atoms with Crippen molar-refractivity contribution in [3.05, 3.63) is 35.4 Å². The minimum absolute atomic E-state index is 0.181. The van der Waals surface area contributed by atoms with Crippen LogP contribution in [0.1, 0.15) is 36.2 Å². The van der Waals surface area contributed by atoms with Gasteiger partial charge in [0.05, 0.1) is 5.56 Å². The van der Waals surface area contributed by atoms with Crippen LogP contribution < -0.4 is 10.6 Å². The summed E-state index contributed by atoms with van der Waals surface area (Å²) in [4.78, 5) is 22.3. The van der Waals surface area contributed by atoms with E-state index < -0.39 is 5.97 Å². The minimum Gasteiger partial charge on any atom is -0.478 e. The van der Waals surface area contributed by atoms with Gasteiger partial charge >= 0.3 is 12.0 Å². The molecule has 5 heteroatoms. The van der Waals surface area contributed by atoms with Crippen LogP contribution in [-0.4, -0.2) is 30.2 Å². The summed E-state index contributed by atoms with van der Waals surface area (Å²) >= 11 is 0. The Balaban J connectivity index is 2.32. The molecule has 1 atom stereocenters. The van der Waals surface area contributed by atoms with E-state index in [4.69, 9.17) is 5.11 Å². The van der Waals surface area contributed by atoms with E-state index >= 15 is 0 Å². The van der Waals surface area contributed by atoms with E-state index in [-0.39, 0.29) is 11.6 Å². The lowest BCUT2D eigenvalue weighted by Gasteiger charge is -2.11. The van der Waals surface area contributed by atoms with Gasteiger partial charge in [-0.2, -0.15) is 0 Å². The average molecular weight is 278 g/mol. The van der Waals surface area contributed by atoms with Gasteiger partial charge in [0, 0.05) is 13.1 Å². The monoisotopic (exact) mass is 278 g/mol. The second-order valence-electron chi connectivity index (χ2n) is 4.91. The van der Waals surface area contributed by atoms with Crippen LogP contribution in [0.5, 0.6) is 0 Å². The van der Waals surface area contributed by atoms with Crippen LogP contribution in [0, 0.1) is 5.92 Å². The Kier molecular flexibility index (Phi) is 6.56. The highest BCUT2D eigenvalue weighted by atomic mass is 16.4. The maximum Gasteiger partial charge on any atom is 0.335 e. The Bertz CT molecular complexity index is 460. The lowest BCUT2D eigenvalue weighted by atomic mass is 10.1. The number of carboxylic acid groups (broad SMARTS) is 1. The Morgan fingerprint density at radius 1 is 1.30 bits per heavy atom. The highest BCUT2D eigenvalue weighted by Gasteiger charge is 2.05. The molecule has 0 saturated heterocycles. The van der Waals surface area contributed by atoms with Crippen molar-refractivity contribution in [3.8, 4) is 0 Å². The molecule has 1 unspecified atom stereocenters. The highest BCUT2D eigenvalue weighted by molar-refractivity contribution is 5.87. The predicted molar refractivity (Wildman–Crippen MR) is 78.0 cm³/mol. The third-order valence-corrected chi connectivity index (χ3v) is 3.18. The van der Waals surface area contributed by atoms with Gasteiger partial charge in [-0.25, -0.2) is 9.59 Å². The van der Waals surface area contributed by atoms with Gasteiger partial charge in [0.25, 0.3) is 0 Å². The topological polar surface area (TPSA) is 78.4 Å². The molecule has 0 aliphatic rings. The average Bonchev–Trinajstić information content (AvgIpc) is 2.45. The van der Waals surface area contributed by atoms with Gasteiger partial charge < -0.3 is 15.7 Å². The molecular formula is C15H22N2O3. The van der Waals surface area contributed by atoms with E-state index in [1.165, 1.54) is 0 Å². The van der Waals surface area contributed by atoms with Gasteiger partial charge in [-0.1, -0.05) is 32.4 Å².